The minimum absolute atomic E-state index is 0.0175. The highest BCUT2D eigenvalue weighted by atomic mass is 32.2. The molecule has 0 aromatic carbocycles. The number of nitrogens with one attached hydrogen (secondary N) is 2. The van der Waals surface area contributed by atoms with Crippen molar-refractivity contribution in [2.75, 3.05) is 43.9 Å². The maximum Gasteiger partial charge on any atom is 0.211 e. The summed E-state index contributed by atoms with van der Waals surface area (Å²) < 4.78 is 25.4. The van der Waals surface area contributed by atoms with E-state index in [1.54, 1.807) is 15.6 Å². The molecule has 1 aromatic rings. The molecule has 27 heavy (non-hydrogen) atoms. The summed E-state index contributed by atoms with van der Waals surface area (Å²) in [5, 5.41) is 10.3. The van der Waals surface area contributed by atoms with E-state index in [-0.39, 0.29) is 6.04 Å². The third-order valence-electron chi connectivity index (χ3n) is 5.21. The lowest BCUT2D eigenvalue weighted by molar-refractivity contribution is 0.395. The van der Waals surface area contributed by atoms with Gasteiger partial charge in [-0.05, 0) is 50.1 Å². The molecule has 2 fully saturated rings. The molecule has 0 bridgehead atoms. The van der Waals surface area contributed by atoms with Gasteiger partial charge in [-0.15, -0.1) is 11.3 Å². The van der Waals surface area contributed by atoms with Gasteiger partial charge in [0.2, 0.25) is 10.0 Å². The van der Waals surface area contributed by atoms with Gasteiger partial charge in [0, 0.05) is 38.3 Å². The van der Waals surface area contributed by atoms with Gasteiger partial charge in [-0.25, -0.2) is 8.42 Å². The lowest BCUT2D eigenvalue weighted by Gasteiger charge is -2.33. The van der Waals surface area contributed by atoms with Crippen LogP contribution < -0.4 is 15.5 Å². The van der Waals surface area contributed by atoms with Crippen molar-refractivity contribution in [1.29, 1.82) is 0 Å². The van der Waals surface area contributed by atoms with Crippen LogP contribution in [0.2, 0.25) is 0 Å². The van der Waals surface area contributed by atoms with Crippen molar-refractivity contribution in [1.82, 2.24) is 14.9 Å². The largest absolute Gasteiger partial charge is 0.363 e. The van der Waals surface area contributed by atoms with Crippen LogP contribution in [0.1, 0.15) is 32.6 Å². The van der Waals surface area contributed by atoms with E-state index in [2.05, 4.69) is 40.0 Å². The van der Waals surface area contributed by atoms with Crippen molar-refractivity contribution < 1.29 is 8.42 Å². The molecule has 2 saturated heterocycles. The topological polar surface area (TPSA) is 77.0 Å². The van der Waals surface area contributed by atoms with Crippen LogP contribution in [-0.4, -0.2) is 69.7 Å². The van der Waals surface area contributed by atoms with Gasteiger partial charge in [-0.2, -0.15) is 4.31 Å². The third kappa shape index (κ3) is 5.58. The van der Waals surface area contributed by atoms with Gasteiger partial charge < -0.3 is 15.5 Å². The highest BCUT2D eigenvalue weighted by molar-refractivity contribution is 7.88. The van der Waals surface area contributed by atoms with Gasteiger partial charge in [0.15, 0.2) is 5.96 Å². The number of rotatable bonds is 6. The first-order chi connectivity index (χ1) is 13.0. The normalized spacial score (nSPS) is 23.0. The maximum absolute atomic E-state index is 11.9. The molecule has 152 valence electrons. The van der Waals surface area contributed by atoms with Gasteiger partial charge >= 0.3 is 0 Å². The number of hydrogen-bond acceptors (Lipinski definition) is 5. The number of anilines is 1. The Hall–Kier alpha value is -1.32. The van der Waals surface area contributed by atoms with Crippen LogP contribution >= 0.6 is 11.3 Å². The SMILES string of the molecule is CCNC(=NC[C@H]1CCCN1S(C)(=O)=O)NC1CCN(c2cccs2)CC1. The molecule has 0 radical (unpaired) electrons. The second-order valence-electron chi connectivity index (χ2n) is 7.25. The highest BCUT2D eigenvalue weighted by Gasteiger charge is 2.31. The van der Waals surface area contributed by atoms with Crippen molar-refractivity contribution in [3.8, 4) is 0 Å². The number of sulfonamides is 1. The summed E-state index contributed by atoms with van der Waals surface area (Å²) in [6.45, 7) is 6.06. The second-order valence-corrected chi connectivity index (χ2v) is 10.1. The van der Waals surface area contributed by atoms with Crippen molar-refractivity contribution in [3.63, 3.8) is 0 Å². The summed E-state index contributed by atoms with van der Waals surface area (Å²) in [6, 6.07) is 4.66. The Morgan fingerprint density at radius 3 is 2.70 bits per heavy atom. The first-order valence-corrected chi connectivity index (χ1v) is 12.5. The molecule has 0 aliphatic carbocycles. The Bertz CT molecular complexity index is 712. The minimum Gasteiger partial charge on any atom is -0.363 e. The van der Waals surface area contributed by atoms with Crippen LogP contribution in [0.15, 0.2) is 22.5 Å². The Morgan fingerprint density at radius 2 is 2.07 bits per heavy atom. The molecular weight excluding hydrogens is 382 g/mol. The number of nitrogens with zero attached hydrogens (tertiary/aromatic N) is 3. The van der Waals surface area contributed by atoms with Gasteiger partial charge in [-0.3, -0.25) is 4.99 Å². The zero-order valence-electron chi connectivity index (χ0n) is 16.2. The molecule has 3 rings (SSSR count). The van der Waals surface area contributed by atoms with Gasteiger partial charge in [-0.1, -0.05) is 0 Å². The van der Waals surface area contributed by atoms with E-state index >= 15 is 0 Å². The fourth-order valence-electron chi connectivity index (χ4n) is 3.83. The van der Waals surface area contributed by atoms with E-state index in [0.717, 1.165) is 51.3 Å². The Labute approximate surface area is 166 Å². The predicted molar refractivity (Wildman–Crippen MR) is 113 cm³/mol. The summed E-state index contributed by atoms with van der Waals surface area (Å²) >= 11 is 1.79. The van der Waals surface area contributed by atoms with Crippen molar-refractivity contribution >= 4 is 32.3 Å². The zero-order valence-corrected chi connectivity index (χ0v) is 17.9. The monoisotopic (exact) mass is 413 g/mol. The first-order valence-electron chi connectivity index (χ1n) is 9.77. The molecule has 9 heteroatoms. The highest BCUT2D eigenvalue weighted by Crippen LogP contribution is 2.25. The molecule has 0 saturated carbocycles. The quantitative estimate of drug-likeness (QED) is 0.548. The Balaban J connectivity index is 1.54. The van der Waals surface area contributed by atoms with E-state index in [0.29, 0.717) is 19.1 Å². The number of piperidine rings is 1. The third-order valence-corrected chi connectivity index (χ3v) is 7.47. The van der Waals surface area contributed by atoms with Crippen LogP contribution in [0.25, 0.3) is 0 Å². The Morgan fingerprint density at radius 1 is 1.30 bits per heavy atom. The molecule has 7 nitrogen and oxygen atoms in total. The van der Waals surface area contributed by atoms with Gasteiger partial charge in [0.25, 0.3) is 0 Å². The lowest BCUT2D eigenvalue weighted by Crippen LogP contribution is -2.49. The molecule has 2 aliphatic rings. The standard InChI is InChI=1S/C18H31N5O2S2/c1-3-19-18(20-14-16-6-4-10-23(16)27(2,24)25)21-15-8-11-22(12-9-15)17-7-5-13-26-17/h5,7,13,15-16H,3-4,6,8-12,14H2,1-2H3,(H2,19,20,21)/t16-/m1/s1. The van der Waals surface area contributed by atoms with E-state index in [9.17, 15) is 8.42 Å². The fraction of sp³-hybridized carbons (Fsp3) is 0.722. The van der Waals surface area contributed by atoms with Gasteiger partial charge in [0.05, 0.1) is 17.8 Å². The van der Waals surface area contributed by atoms with E-state index in [4.69, 9.17) is 4.99 Å². The van der Waals surface area contributed by atoms with Crippen LogP contribution in [0.3, 0.4) is 0 Å². The second kappa shape index (κ2) is 9.25. The lowest BCUT2D eigenvalue weighted by atomic mass is 10.1. The van der Waals surface area contributed by atoms with E-state index < -0.39 is 10.0 Å². The molecule has 2 N–H and O–H groups in total. The van der Waals surface area contributed by atoms with E-state index in [1.165, 1.54) is 11.3 Å². The van der Waals surface area contributed by atoms with Crippen LogP contribution in [0, 0.1) is 0 Å². The molecule has 1 atom stereocenters. The average molecular weight is 414 g/mol. The molecule has 0 amide bonds. The van der Waals surface area contributed by atoms with Gasteiger partial charge in [0.1, 0.15) is 0 Å². The summed E-state index contributed by atoms with van der Waals surface area (Å²) in [6.07, 6.45) is 5.23. The van der Waals surface area contributed by atoms with Crippen molar-refractivity contribution in [3.05, 3.63) is 17.5 Å². The minimum atomic E-state index is -3.15. The fourth-order valence-corrected chi connectivity index (χ4v) is 5.79. The number of thiophene rings is 1. The summed E-state index contributed by atoms with van der Waals surface area (Å²) in [7, 11) is -3.15. The zero-order chi connectivity index (χ0) is 19.3. The smallest absolute Gasteiger partial charge is 0.211 e. The number of guanidine groups is 1. The van der Waals surface area contributed by atoms with Crippen molar-refractivity contribution in [2.45, 2.75) is 44.7 Å². The molecular formula is C18H31N5O2S2. The first kappa shape index (κ1) is 20.4. The molecule has 3 heterocycles. The molecule has 2 aliphatic heterocycles. The average Bonchev–Trinajstić information content (AvgIpc) is 3.32. The van der Waals surface area contributed by atoms with E-state index in [1.807, 2.05) is 0 Å². The van der Waals surface area contributed by atoms with Crippen LogP contribution in [0.5, 0.6) is 0 Å². The maximum atomic E-state index is 11.9. The number of aliphatic imine (C=N–C) groups is 1. The van der Waals surface area contributed by atoms with Crippen LogP contribution in [-0.2, 0) is 10.0 Å². The molecule has 0 spiro atoms. The summed E-state index contributed by atoms with van der Waals surface area (Å²) in [5.41, 5.74) is 0. The Kier molecular flexibility index (Phi) is 6.99. The summed E-state index contributed by atoms with van der Waals surface area (Å²) in [5.74, 6) is 0.799. The summed E-state index contributed by atoms with van der Waals surface area (Å²) in [4.78, 5) is 7.14. The van der Waals surface area contributed by atoms with Crippen molar-refractivity contribution in [2.24, 2.45) is 4.99 Å². The van der Waals surface area contributed by atoms with Crippen LogP contribution in [0.4, 0.5) is 5.00 Å². The molecule has 1 aromatic heterocycles. The molecule has 0 unspecified atom stereocenters. The number of hydrogen-bond donors (Lipinski definition) is 2. The predicted octanol–water partition coefficient (Wildman–Crippen LogP) is 1.70.